The quantitative estimate of drug-likeness (QED) is 0.923. The van der Waals surface area contributed by atoms with Gasteiger partial charge in [0.25, 0.3) is 0 Å². The van der Waals surface area contributed by atoms with Crippen molar-refractivity contribution in [2.75, 3.05) is 0 Å². The van der Waals surface area contributed by atoms with E-state index < -0.39 is 10.0 Å². The standard InChI is InChI=1S/C17H27NO2S/c1-11-8-6-7-9-16(11)18-21(19,20)17-10-12(2)13(3)14(4)15(17)5/h10-11,16,18H,6-9H2,1-5H3/t11-,16+/m1/s1. The molecule has 0 amide bonds. The van der Waals surface area contributed by atoms with Gasteiger partial charge < -0.3 is 0 Å². The highest BCUT2D eigenvalue weighted by atomic mass is 32.2. The molecule has 0 spiro atoms. The van der Waals surface area contributed by atoms with E-state index in [-0.39, 0.29) is 6.04 Å². The summed E-state index contributed by atoms with van der Waals surface area (Å²) in [5.41, 5.74) is 4.16. The lowest BCUT2D eigenvalue weighted by molar-refractivity contribution is 0.310. The van der Waals surface area contributed by atoms with Crippen LogP contribution in [-0.4, -0.2) is 14.5 Å². The summed E-state index contributed by atoms with van der Waals surface area (Å²) in [5.74, 6) is 0.418. The molecule has 1 N–H and O–H groups in total. The third kappa shape index (κ3) is 3.32. The Morgan fingerprint density at radius 3 is 2.24 bits per heavy atom. The molecule has 1 aromatic rings. The summed E-state index contributed by atoms with van der Waals surface area (Å²) in [6, 6.07) is 1.89. The van der Waals surface area contributed by atoms with Gasteiger partial charge in [-0.3, -0.25) is 0 Å². The fourth-order valence-corrected chi connectivity index (χ4v) is 4.97. The van der Waals surface area contributed by atoms with E-state index in [0.717, 1.165) is 36.0 Å². The maximum atomic E-state index is 12.8. The van der Waals surface area contributed by atoms with Crippen LogP contribution in [0, 0.1) is 33.6 Å². The fourth-order valence-electron chi connectivity index (χ4n) is 3.21. The van der Waals surface area contributed by atoms with Crippen LogP contribution in [0.2, 0.25) is 0 Å². The number of nitrogens with one attached hydrogen (secondary N) is 1. The first-order valence-electron chi connectivity index (χ1n) is 7.83. The molecule has 2 rings (SSSR count). The van der Waals surface area contributed by atoms with Gasteiger partial charge in [-0.15, -0.1) is 0 Å². The predicted molar refractivity (Wildman–Crippen MR) is 87.1 cm³/mol. The molecule has 2 atom stereocenters. The van der Waals surface area contributed by atoms with Crippen molar-refractivity contribution in [2.45, 2.75) is 71.2 Å². The van der Waals surface area contributed by atoms with Gasteiger partial charge in [0.1, 0.15) is 0 Å². The summed E-state index contributed by atoms with van der Waals surface area (Å²) in [4.78, 5) is 0.445. The first-order valence-corrected chi connectivity index (χ1v) is 9.32. The number of sulfonamides is 1. The maximum Gasteiger partial charge on any atom is 0.241 e. The lowest BCUT2D eigenvalue weighted by Crippen LogP contribution is -2.41. The lowest BCUT2D eigenvalue weighted by atomic mass is 9.87. The van der Waals surface area contributed by atoms with Crippen LogP contribution in [0.15, 0.2) is 11.0 Å². The number of benzene rings is 1. The number of hydrogen-bond acceptors (Lipinski definition) is 2. The molecular weight excluding hydrogens is 282 g/mol. The molecule has 0 unspecified atom stereocenters. The Labute approximate surface area is 129 Å². The number of rotatable bonds is 3. The minimum Gasteiger partial charge on any atom is -0.208 e. The summed E-state index contributed by atoms with van der Waals surface area (Å²) < 4.78 is 28.5. The largest absolute Gasteiger partial charge is 0.241 e. The summed E-state index contributed by atoms with van der Waals surface area (Å²) in [6.07, 6.45) is 4.38. The third-order valence-corrected chi connectivity index (χ3v) is 6.76. The third-order valence-electron chi connectivity index (χ3n) is 5.14. The second-order valence-corrected chi connectivity index (χ2v) is 8.24. The monoisotopic (exact) mass is 309 g/mol. The maximum absolute atomic E-state index is 12.8. The van der Waals surface area contributed by atoms with Crippen molar-refractivity contribution in [3.63, 3.8) is 0 Å². The minimum atomic E-state index is -3.44. The van der Waals surface area contributed by atoms with Crippen molar-refractivity contribution in [1.82, 2.24) is 4.72 Å². The molecule has 1 saturated carbocycles. The highest BCUT2D eigenvalue weighted by molar-refractivity contribution is 7.89. The van der Waals surface area contributed by atoms with Crippen LogP contribution in [-0.2, 0) is 10.0 Å². The van der Waals surface area contributed by atoms with E-state index >= 15 is 0 Å². The van der Waals surface area contributed by atoms with Gasteiger partial charge in [-0.2, -0.15) is 0 Å². The van der Waals surface area contributed by atoms with E-state index in [4.69, 9.17) is 0 Å². The molecule has 0 aliphatic heterocycles. The summed E-state index contributed by atoms with van der Waals surface area (Å²) in [6.45, 7) is 10.1. The van der Waals surface area contributed by atoms with Crippen LogP contribution in [0.5, 0.6) is 0 Å². The second kappa shape index (κ2) is 6.09. The Hall–Kier alpha value is -0.870. The van der Waals surface area contributed by atoms with E-state index in [9.17, 15) is 8.42 Å². The average Bonchev–Trinajstić information content (AvgIpc) is 2.42. The van der Waals surface area contributed by atoms with E-state index in [1.807, 2.05) is 33.8 Å². The molecule has 0 bridgehead atoms. The molecular formula is C17H27NO2S. The van der Waals surface area contributed by atoms with E-state index in [1.165, 1.54) is 12.0 Å². The fraction of sp³-hybridized carbons (Fsp3) is 0.647. The van der Waals surface area contributed by atoms with Crippen molar-refractivity contribution in [1.29, 1.82) is 0 Å². The topological polar surface area (TPSA) is 46.2 Å². The van der Waals surface area contributed by atoms with Gasteiger partial charge in [0, 0.05) is 6.04 Å². The van der Waals surface area contributed by atoms with Crippen molar-refractivity contribution in [3.8, 4) is 0 Å². The van der Waals surface area contributed by atoms with Gasteiger partial charge in [-0.05, 0) is 74.8 Å². The van der Waals surface area contributed by atoms with Gasteiger partial charge in [0.2, 0.25) is 10.0 Å². The molecule has 1 fully saturated rings. The van der Waals surface area contributed by atoms with E-state index in [0.29, 0.717) is 10.8 Å². The molecule has 21 heavy (non-hydrogen) atoms. The van der Waals surface area contributed by atoms with Gasteiger partial charge in [0.15, 0.2) is 0 Å². The zero-order valence-corrected chi connectivity index (χ0v) is 14.6. The second-order valence-electron chi connectivity index (χ2n) is 6.56. The van der Waals surface area contributed by atoms with Crippen LogP contribution >= 0.6 is 0 Å². The molecule has 1 aromatic carbocycles. The molecule has 0 radical (unpaired) electrons. The van der Waals surface area contributed by atoms with Gasteiger partial charge >= 0.3 is 0 Å². The molecule has 118 valence electrons. The average molecular weight is 309 g/mol. The Morgan fingerprint density at radius 1 is 1.00 bits per heavy atom. The zero-order valence-electron chi connectivity index (χ0n) is 13.8. The SMILES string of the molecule is Cc1cc(S(=O)(=O)N[C@H]2CCCC[C@H]2C)c(C)c(C)c1C. The highest BCUT2D eigenvalue weighted by Crippen LogP contribution is 2.28. The highest BCUT2D eigenvalue weighted by Gasteiger charge is 2.28. The van der Waals surface area contributed by atoms with E-state index in [2.05, 4.69) is 11.6 Å². The van der Waals surface area contributed by atoms with Crippen LogP contribution in [0.1, 0.15) is 54.9 Å². The summed E-state index contributed by atoms with van der Waals surface area (Å²) in [5, 5.41) is 0. The van der Waals surface area contributed by atoms with Crippen molar-refractivity contribution in [2.24, 2.45) is 5.92 Å². The lowest BCUT2D eigenvalue weighted by Gasteiger charge is -2.29. The Kier molecular flexibility index (Phi) is 4.79. The molecule has 3 nitrogen and oxygen atoms in total. The zero-order chi connectivity index (χ0) is 15.8. The Balaban J connectivity index is 2.36. The van der Waals surface area contributed by atoms with Gasteiger partial charge in [-0.25, -0.2) is 13.1 Å². The number of aryl methyl sites for hydroxylation is 1. The Morgan fingerprint density at radius 2 is 1.62 bits per heavy atom. The van der Waals surface area contributed by atoms with Gasteiger partial charge in [0.05, 0.1) is 4.90 Å². The first-order chi connectivity index (χ1) is 9.74. The van der Waals surface area contributed by atoms with Crippen molar-refractivity contribution >= 4 is 10.0 Å². The smallest absolute Gasteiger partial charge is 0.208 e. The predicted octanol–water partition coefficient (Wildman–Crippen LogP) is 3.78. The van der Waals surface area contributed by atoms with Crippen LogP contribution in [0.4, 0.5) is 0 Å². The summed E-state index contributed by atoms with van der Waals surface area (Å²) in [7, 11) is -3.44. The Bertz CT molecular complexity index is 635. The number of hydrogen-bond donors (Lipinski definition) is 1. The molecule has 1 aliphatic carbocycles. The van der Waals surface area contributed by atoms with Gasteiger partial charge in [-0.1, -0.05) is 19.8 Å². The normalized spacial score (nSPS) is 23.3. The first kappa shape index (κ1) is 16.5. The van der Waals surface area contributed by atoms with Crippen LogP contribution in [0.25, 0.3) is 0 Å². The molecule has 1 aliphatic rings. The molecule has 0 aromatic heterocycles. The van der Waals surface area contributed by atoms with Crippen LogP contribution < -0.4 is 4.72 Å². The van der Waals surface area contributed by atoms with Crippen LogP contribution in [0.3, 0.4) is 0 Å². The van der Waals surface area contributed by atoms with E-state index in [1.54, 1.807) is 0 Å². The summed E-state index contributed by atoms with van der Waals surface area (Å²) >= 11 is 0. The molecule has 0 heterocycles. The van der Waals surface area contributed by atoms with Crippen molar-refractivity contribution in [3.05, 3.63) is 28.3 Å². The molecule has 0 saturated heterocycles. The van der Waals surface area contributed by atoms with Crippen molar-refractivity contribution < 1.29 is 8.42 Å². The molecule has 4 heteroatoms. The minimum absolute atomic E-state index is 0.0741.